The molecule has 1 aliphatic heterocycles. The van der Waals surface area contributed by atoms with Crippen LogP contribution in [0.4, 0.5) is 13.2 Å². The fourth-order valence-electron chi connectivity index (χ4n) is 3.33. The van der Waals surface area contributed by atoms with Crippen molar-refractivity contribution < 1.29 is 17.9 Å². The van der Waals surface area contributed by atoms with Crippen LogP contribution in [0, 0.1) is 0 Å². The molecule has 4 rings (SSSR count). The van der Waals surface area contributed by atoms with Gasteiger partial charge in [0, 0.05) is 50.8 Å². The number of hydrogen-bond donors (Lipinski definition) is 1. The van der Waals surface area contributed by atoms with Crippen LogP contribution in [0.5, 0.6) is 5.88 Å². The number of rotatable bonds is 5. The summed E-state index contributed by atoms with van der Waals surface area (Å²) in [5.74, 6) is 0.243. The van der Waals surface area contributed by atoms with Crippen LogP contribution in [0.15, 0.2) is 30.9 Å². The third-order valence-electron chi connectivity index (χ3n) is 4.69. The molecule has 1 atom stereocenters. The van der Waals surface area contributed by atoms with Gasteiger partial charge < -0.3 is 10.1 Å². The summed E-state index contributed by atoms with van der Waals surface area (Å²) in [4.78, 5) is 14.5. The van der Waals surface area contributed by atoms with Gasteiger partial charge in [0.15, 0.2) is 5.52 Å². The summed E-state index contributed by atoms with van der Waals surface area (Å²) in [5, 5.41) is 7.26. The molecule has 3 aromatic rings. The Hall–Kier alpha value is -2.79. The summed E-state index contributed by atoms with van der Waals surface area (Å²) in [5.41, 5.74) is 2.44. The van der Waals surface area contributed by atoms with E-state index in [2.05, 4.69) is 25.4 Å². The van der Waals surface area contributed by atoms with Crippen molar-refractivity contribution in [1.29, 1.82) is 0 Å². The molecular weight excluding hydrogens is 387 g/mol. The maximum atomic E-state index is 12.9. The number of alkyl halides is 3. The fourth-order valence-corrected chi connectivity index (χ4v) is 3.33. The molecular formula is C18H20F3N7O. The summed E-state index contributed by atoms with van der Waals surface area (Å²) >= 11 is 0. The van der Waals surface area contributed by atoms with Crippen LogP contribution in [-0.4, -0.2) is 74.6 Å². The highest BCUT2D eigenvalue weighted by molar-refractivity contribution is 5.83. The normalized spacial score (nSPS) is 18.3. The quantitative estimate of drug-likeness (QED) is 0.689. The van der Waals surface area contributed by atoms with E-state index in [4.69, 9.17) is 4.74 Å². The van der Waals surface area contributed by atoms with Crippen LogP contribution < -0.4 is 10.1 Å². The fraction of sp³-hybridized carbons (Fsp3) is 0.444. The van der Waals surface area contributed by atoms with Gasteiger partial charge in [-0.3, -0.25) is 14.6 Å². The van der Waals surface area contributed by atoms with E-state index in [0.717, 1.165) is 5.56 Å². The van der Waals surface area contributed by atoms with E-state index in [1.807, 2.05) is 6.20 Å². The van der Waals surface area contributed by atoms with Gasteiger partial charge in [-0.1, -0.05) is 0 Å². The predicted octanol–water partition coefficient (Wildman–Crippen LogP) is 1.64. The van der Waals surface area contributed by atoms with Crippen molar-refractivity contribution in [3.05, 3.63) is 30.9 Å². The first-order chi connectivity index (χ1) is 13.9. The number of aromatic nitrogens is 5. The van der Waals surface area contributed by atoms with Crippen molar-refractivity contribution in [2.75, 3.05) is 32.8 Å². The topological polar surface area (TPSA) is 81.0 Å². The number of fused-ring (bicyclic) bond motifs is 1. The van der Waals surface area contributed by atoms with Crippen LogP contribution in [0.25, 0.3) is 22.3 Å². The Morgan fingerprint density at radius 1 is 1.28 bits per heavy atom. The van der Waals surface area contributed by atoms with E-state index < -0.39 is 18.8 Å². The lowest BCUT2D eigenvalue weighted by molar-refractivity contribution is -0.153. The molecule has 1 saturated heterocycles. The molecule has 29 heavy (non-hydrogen) atoms. The van der Waals surface area contributed by atoms with Crippen molar-refractivity contribution in [2.24, 2.45) is 7.05 Å². The van der Waals surface area contributed by atoms with Crippen molar-refractivity contribution in [3.8, 4) is 17.1 Å². The molecule has 0 bridgehead atoms. The van der Waals surface area contributed by atoms with E-state index in [-0.39, 0.29) is 12.5 Å². The molecule has 11 heteroatoms. The molecule has 8 nitrogen and oxygen atoms in total. The first-order valence-electron chi connectivity index (χ1n) is 9.14. The average Bonchev–Trinajstić information content (AvgIpc) is 3.12. The average molecular weight is 407 g/mol. The minimum absolute atomic E-state index is 0.0538. The number of halogens is 3. The second-order valence-electron chi connectivity index (χ2n) is 6.89. The summed E-state index contributed by atoms with van der Waals surface area (Å²) in [7, 11) is 1.80. The minimum atomic E-state index is -4.26. The van der Waals surface area contributed by atoms with Gasteiger partial charge >= 0.3 is 6.18 Å². The molecule has 3 aromatic heterocycles. The smallest absolute Gasteiger partial charge is 0.401 e. The van der Waals surface area contributed by atoms with Crippen LogP contribution in [0.2, 0.25) is 0 Å². The molecule has 0 radical (unpaired) electrons. The van der Waals surface area contributed by atoms with Crippen LogP contribution >= 0.6 is 0 Å². The summed E-state index contributed by atoms with van der Waals surface area (Å²) < 4.78 is 46.2. The van der Waals surface area contributed by atoms with Gasteiger partial charge in [-0.15, -0.1) is 0 Å². The van der Waals surface area contributed by atoms with Gasteiger partial charge in [-0.05, 0) is 6.07 Å². The second kappa shape index (κ2) is 7.91. The number of ether oxygens (including phenoxy) is 1. The van der Waals surface area contributed by atoms with E-state index in [0.29, 0.717) is 36.4 Å². The van der Waals surface area contributed by atoms with Crippen LogP contribution in [0.3, 0.4) is 0 Å². The zero-order chi connectivity index (χ0) is 20.4. The van der Waals surface area contributed by atoms with Crippen molar-refractivity contribution in [3.63, 3.8) is 0 Å². The molecule has 0 saturated carbocycles. The highest BCUT2D eigenvalue weighted by Crippen LogP contribution is 2.27. The Kier molecular flexibility index (Phi) is 5.33. The van der Waals surface area contributed by atoms with Gasteiger partial charge in [0.1, 0.15) is 6.61 Å². The standard InChI is InChI=1S/C18H20F3N7O/c1-27-9-12(7-25-27)14-6-15-16(24-3-2-23-15)17(26-14)29-10-13-8-22-4-5-28(13)11-18(19,20)21/h2-3,6-7,9,13,22H,4-5,8,10-11H2,1H3/t13-/m0/s1. The van der Waals surface area contributed by atoms with Crippen molar-refractivity contribution in [1.82, 2.24) is 34.9 Å². The molecule has 4 heterocycles. The number of aryl methyl sites for hydroxylation is 1. The number of hydrogen-bond acceptors (Lipinski definition) is 7. The minimum Gasteiger partial charge on any atom is -0.474 e. The van der Waals surface area contributed by atoms with Crippen LogP contribution in [-0.2, 0) is 7.05 Å². The first kappa shape index (κ1) is 19.5. The van der Waals surface area contributed by atoms with Gasteiger partial charge in [0.2, 0.25) is 5.88 Å². The molecule has 1 fully saturated rings. The van der Waals surface area contributed by atoms with E-state index in [9.17, 15) is 13.2 Å². The SMILES string of the molecule is Cn1cc(-c2cc3nccnc3c(OC[C@@H]3CNCCN3CC(F)(F)F)n2)cn1. The number of piperazine rings is 1. The third kappa shape index (κ3) is 4.62. The largest absolute Gasteiger partial charge is 0.474 e. The summed E-state index contributed by atoms with van der Waals surface area (Å²) in [6.07, 6.45) is 2.31. The zero-order valence-corrected chi connectivity index (χ0v) is 15.7. The lowest BCUT2D eigenvalue weighted by Crippen LogP contribution is -2.56. The third-order valence-corrected chi connectivity index (χ3v) is 4.69. The van der Waals surface area contributed by atoms with Gasteiger partial charge in [-0.25, -0.2) is 9.97 Å². The predicted molar refractivity (Wildman–Crippen MR) is 99.3 cm³/mol. The highest BCUT2D eigenvalue weighted by atomic mass is 19.4. The number of nitrogens with one attached hydrogen (secondary N) is 1. The Labute approximate surface area is 164 Å². The Balaban J connectivity index is 1.59. The zero-order valence-electron chi connectivity index (χ0n) is 15.7. The van der Waals surface area contributed by atoms with E-state index >= 15 is 0 Å². The van der Waals surface area contributed by atoms with Gasteiger partial charge in [-0.2, -0.15) is 18.3 Å². The number of pyridine rings is 1. The molecule has 0 spiro atoms. The van der Waals surface area contributed by atoms with Crippen molar-refractivity contribution >= 4 is 11.0 Å². The maximum absolute atomic E-state index is 12.9. The number of nitrogens with zero attached hydrogens (tertiary/aromatic N) is 6. The van der Waals surface area contributed by atoms with E-state index in [1.165, 1.54) is 11.1 Å². The lowest BCUT2D eigenvalue weighted by Gasteiger charge is -2.36. The van der Waals surface area contributed by atoms with Gasteiger partial charge in [0.25, 0.3) is 0 Å². The Bertz CT molecular complexity index is 991. The Morgan fingerprint density at radius 2 is 2.10 bits per heavy atom. The van der Waals surface area contributed by atoms with Gasteiger partial charge in [0.05, 0.1) is 30.0 Å². The van der Waals surface area contributed by atoms with Crippen LogP contribution in [0.1, 0.15) is 0 Å². The molecule has 0 aromatic carbocycles. The molecule has 0 amide bonds. The first-order valence-corrected chi connectivity index (χ1v) is 9.14. The molecule has 0 unspecified atom stereocenters. The molecule has 0 aliphatic carbocycles. The lowest BCUT2D eigenvalue weighted by atomic mass is 10.2. The molecule has 1 N–H and O–H groups in total. The maximum Gasteiger partial charge on any atom is 0.401 e. The van der Waals surface area contributed by atoms with Crippen molar-refractivity contribution in [2.45, 2.75) is 12.2 Å². The summed E-state index contributed by atoms with van der Waals surface area (Å²) in [6, 6.07) is 1.35. The second-order valence-corrected chi connectivity index (χ2v) is 6.89. The highest BCUT2D eigenvalue weighted by Gasteiger charge is 2.35. The summed E-state index contributed by atoms with van der Waals surface area (Å²) in [6.45, 7) is 0.305. The monoisotopic (exact) mass is 407 g/mol. The molecule has 1 aliphatic rings. The molecule has 154 valence electrons. The van der Waals surface area contributed by atoms with E-state index in [1.54, 1.807) is 30.2 Å². The Morgan fingerprint density at radius 3 is 2.86 bits per heavy atom.